The molecule has 4 nitrogen and oxygen atoms in total. The van der Waals surface area contributed by atoms with Gasteiger partial charge in [0.05, 0.1) is 16.8 Å². The third kappa shape index (κ3) is 2.36. The summed E-state index contributed by atoms with van der Waals surface area (Å²) in [5.74, 6) is 1.31. The number of aromatic nitrogens is 1. The van der Waals surface area contributed by atoms with Crippen LogP contribution in [0.1, 0.15) is 27.4 Å². The average Bonchev–Trinajstić information content (AvgIpc) is 2.67. The number of hydrogen-bond acceptors (Lipinski definition) is 4. The number of rotatable bonds is 4. The van der Waals surface area contributed by atoms with Crippen LogP contribution in [0, 0.1) is 13.8 Å². The number of para-hydroxylation sites is 1. The van der Waals surface area contributed by atoms with Crippen LogP contribution in [-0.4, -0.2) is 11.4 Å². The van der Waals surface area contributed by atoms with Crippen LogP contribution in [0.3, 0.4) is 0 Å². The Labute approximate surface area is 99.2 Å². The van der Waals surface area contributed by atoms with E-state index in [0.717, 1.165) is 23.3 Å². The normalized spacial score (nSPS) is 10.2. The molecule has 0 fully saturated rings. The van der Waals surface area contributed by atoms with Gasteiger partial charge in [-0.05, 0) is 26.0 Å². The Kier molecular flexibility index (Phi) is 3.23. The predicted molar refractivity (Wildman–Crippen MR) is 62.1 cm³/mol. The lowest BCUT2D eigenvalue weighted by atomic mass is 10.2. The van der Waals surface area contributed by atoms with Gasteiger partial charge in [0.25, 0.3) is 0 Å². The maximum Gasteiger partial charge on any atom is 0.153 e. The highest BCUT2D eigenvalue weighted by Gasteiger charge is 2.10. The van der Waals surface area contributed by atoms with Crippen molar-refractivity contribution >= 4 is 6.29 Å². The van der Waals surface area contributed by atoms with E-state index in [4.69, 9.17) is 9.26 Å². The Morgan fingerprint density at radius 1 is 1.35 bits per heavy atom. The molecule has 0 aliphatic rings. The highest BCUT2D eigenvalue weighted by molar-refractivity contribution is 5.79. The molecule has 0 bridgehead atoms. The summed E-state index contributed by atoms with van der Waals surface area (Å²) in [5, 5.41) is 3.85. The van der Waals surface area contributed by atoms with Crippen molar-refractivity contribution in [3.8, 4) is 5.75 Å². The SMILES string of the molecule is Cc1noc(C)c1COc1ccccc1C=O. The topological polar surface area (TPSA) is 52.3 Å². The maximum atomic E-state index is 10.8. The van der Waals surface area contributed by atoms with E-state index in [-0.39, 0.29) is 0 Å². The fourth-order valence-corrected chi connectivity index (χ4v) is 1.57. The number of benzene rings is 1. The molecule has 4 heteroatoms. The molecule has 0 N–H and O–H groups in total. The fraction of sp³-hybridized carbons (Fsp3) is 0.231. The van der Waals surface area contributed by atoms with Crippen LogP contribution >= 0.6 is 0 Å². The van der Waals surface area contributed by atoms with E-state index < -0.39 is 0 Å². The molecule has 0 spiro atoms. The highest BCUT2D eigenvalue weighted by Crippen LogP contribution is 2.19. The van der Waals surface area contributed by atoms with Gasteiger partial charge in [-0.25, -0.2) is 0 Å². The summed E-state index contributed by atoms with van der Waals surface area (Å²) in [7, 11) is 0. The monoisotopic (exact) mass is 231 g/mol. The van der Waals surface area contributed by atoms with Gasteiger partial charge in [0, 0.05) is 0 Å². The molecule has 0 aliphatic heterocycles. The number of carbonyl (C=O) groups is 1. The van der Waals surface area contributed by atoms with E-state index in [0.29, 0.717) is 17.9 Å². The van der Waals surface area contributed by atoms with Gasteiger partial charge in [0.1, 0.15) is 18.1 Å². The van der Waals surface area contributed by atoms with Crippen molar-refractivity contribution in [1.29, 1.82) is 0 Å². The van der Waals surface area contributed by atoms with E-state index in [1.165, 1.54) is 0 Å². The quantitative estimate of drug-likeness (QED) is 0.759. The second-order valence-corrected chi connectivity index (χ2v) is 3.75. The molecule has 0 saturated heterocycles. The van der Waals surface area contributed by atoms with Gasteiger partial charge >= 0.3 is 0 Å². The predicted octanol–water partition coefficient (Wildman–Crippen LogP) is 2.68. The molecule has 17 heavy (non-hydrogen) atoms. The van der Waals surface area contributed by atoms with Crippen molar-refractivity contribution in [2.75, 3.05) is 0 Å². The fourth-order valence-electron chi connectivity index (χ4n) is 1.57. The Morgan fingerprint density at radius 3 is 2.76 bits per heavy atom. The third-order valence-corrected chi connectivity index (χ3v) is 2.60. The van der Waals surface area contributed by atoms with Gasteiger partial charge < -0.3 is 9.26 Å². The minimum Gasteiger partial charge on any atom is -0.488 e. The zero-order valence-corrected chi connectivity index (χ0v) is 9.77. The second kappa shape index (κ2) is 4.82. The first kappa shape index (κ1) is 11.4. The zero-order chi connectivity index (χ0) is 12.3. The van der Waals surface area contributed by atoms with E-state index in [1.807, 2.05) is 19.9 Å². The Morgan fingerprint density at radius 2 is 2.12 bits per heavy atom. The van der Waals surface area contributed by atoms with Crippen LogP contribution in [0.4, 0.5) is 0 Å². The van der Waals surface area contributed by atoms with Crippen LogP contribution < -0.4 is 4.74 Å². The van der Waals surface area contributed by atoms with Crippen LogP contribution in [0.15, 0.2) is 28.8 Å². The van der Waals surface area contributed by atoms with E-state index in [1.54, 1.807) is 18.2 Å². The minimum absolute atomic E-state index is 0.353. The first-order chi connectivity index (χ1) is 8.22. The smallest absolute Gasteiger partial charge is 0.153 e. The van der Waals surface area contributed by atoms with Gasteiger partial charge in [-0.2, -0.15) is 0 Å². The molecule has 0 saturated carbocycles. The summed E-state index contributed by atoms with van der Waals surface area (Å²) in [6.07, 6.45) is 0.780. The summed E-state index contributed by atoms with van der Waals surface area (Å²) in [4.78, 5) is 10.8. The average molecular weight is 231 g/mol. The number of carbonyl (C=O) groups excluding carboxylic acids is 1. The highest BCUT2D eigenvalue weighted by atomic mass is 16.5. The molecule has 0 aliphatic carbocycles. The number of aldehydes is 1. The first-order valence-corrected chi connectivity index (χ1v) is 5.31. The van der Waals surface area contributed by atoms with Gasteiger partial charge in [-0.1, -0.05) is 17.3 Å². The molecule has 1 heterocycles. The molecule has 0 radical (unpaired) electrons. The van der Waals surface area contributed by atoms with Crippen molar-refractivity contribution in [2.24, 2.45) is 0 Å². The molecule has 0 amide bonds. The second-order valence-electron chi connectivity index (χ2n) is 3.75. The molecule has 2 aromatic rings. The Bertz CT molecular complexity index is 512. The number of aryl methyl sites for hydroxylation is 2. The van der Waals surface area contributed by atoms with Crippen LogP contribution in [0.2, 0.25) is 0 Å². The van der Waals surface area contributed by atoms with Crippen molar-refractivity contribution in [1.82, 2.24) is 5.16 Å². The molecule has 1 aromatic heterocycles. The van der Waals surface area contributed by atoms with Gasteiger partial charge in [-0.15, -0.1) is 0 Å². The van der Waals surface area contributed by atoms with E-state index >= 15 is 0 Å². The summed E-state index contributed by atoms with van der Waals surface area (Å²) in [6.45, 7) is 4.05. The van der Waals surface area contributed by atoms with Gasteiger partial charge in [0.15, 0.2) is 6.29 Å². The van der Waals surface area contributed by atoms with Crippen LogP contribution in [-0.2, 0) is 6.61 Å². The molecule has 2 rings (SSSR count). The molecular formula is C13H13NO3. The van der Waals surface area contributed by atoms with E-state index in [9.17, 15) is 4.79 Å². The standard InChI is InChI=1S/C13H13NO3/c1-9-12(10(2)17-14-9)8-16-13-6-4-3-5-11(13)7-15/h3-7H,8H2,1-2H3. The minimum atomic E-state index is 0.353. The summed E-state index contributed by atoms with van der Waals surface area (Å²) >= 11 is 0. The Balaban J connectivity index is 2.15. The van der Waals surface area contributed by atoms with Gasteiger partial charge in [0.2, 0.25) is 0 Å². The molecule has 0 unspecified atom stereocenters. The first-order valence-electron chi connectivity index (χ1n) is 5.31. The van der Waals surface area contributed by atoms with Crippen molar-refractivity contribution in [3.63, 3.8) is 0 Å². The number of nitrogens with zero attached hydrogens (tertiary/aromatic N) is 1. The number of hydrogen-bond donors (Lipinski definition) is 0. The molecule has 88 valence electrons. The van der Waals surface area contributed by atoms with Crippen LogP contribution in [0.25, 0.3) is 0 Å². The summed E-state index contributed by atoms with van der Waals surface area (Å²) in [5.41, 5.74) is 2.27. The lowest BCUT2D eigenvalue weighted by Gasteiger charge is -2.07. The lowest BCUT2D eigenvalue weighted by Crippen LogP contribution is -1.99. The zero-order valence-electron chi connectivity index (χ0n) is 9.77. The molecular weight excluding hydrogens is 218 g/mol. The largest absolute Gasteiger partial charge is 0.488 e. The summed E-state index contributed by atoms with van der Waals surface area (Å²) < 4.78 is 10.6. The third-order valence-electron chi connectivity index (χ3n) is 2.60. The molecule has 1 aromatic carbocycles. The lowest BCUT2D eigenvalue weighted by molar-refractivity contribution is 0.111. The molecule has 0 atom stereocenters. The Hall–Kier alpha value is -2.10. The van der Waals surface area contributed by atoms with Crippen molar-refractivity contribution < 1.29 is 14.1 Å². The van der Waals surface area contributed by atoms with Crippen LogP contribution in [0.5, 0.6) is 5.75 Å². The van der Waals surface area contributed by atoms with Crippen molar-refractivity contribution in [2.45, 2.75) is 20.5 Å². The van der Waals surface area contributed by atoms with E-state index in [2.05, 4.69) is 5.16 Å². The summed E-state index contributed by atoms with van der Waals surface area (Å²) in [6, 6.07) is 7.11. The maximum absolute atomic E-state index is 10.8. The number of ether oxygens (including phenoxy) is 1. The van der Waals surface area contributed by atoms with Gasteiger partial charge in [-0.3, -0.25) is 4.79 Å². The van der Waals surface area contributed by atoms with Crippen molar-refractivity contribution in [3.05, 3.63) is 46.8 Å².